The number of thioether (sulfide) groups is 1. The van der Waals surface area contributed by atoms with Gasteiger partial charge in [-0.3, -0.25) is 0 Å². The lowest BCUT2D eigenvalue weighted by Gasteiger charge is -2.07. The topological polar surface area (TPSA) is 88.1 Å². The van der Waals surface area contributed by atoms with Crippen LogP contribution in [0, 0.1) is 0 Å². The zero-order valence-corrected chi connectivity index (χ0v) is 16.1. The van der Waals surface area contributed by atoms with Crippen molar-refractivity contribution >= 4 is 11.8 Å². The van der Waals surface area contributed by atoms with Gasteiger partial charge in [-0.25, -0.2) is 9.67 Å². The molecule has 0 aliphatic heterocycles. The second-order valence-corrected chi connectivity index (χ2v) is 6.62. The van der Waals surface area contributed by atoms with Crippen LogP contribution in [-0.2, 0) is 5.75 Å². The smallest absolute Gasteiger partial charge is 0.237 e. The van der Waals surface area contributed by atoms with Crippen LogP contribution in [0.4, 0.5) is 0 Å². The monoisotopic (exact) mass is 395 g/mol. The Morgan fingerprint density at radius 3 is 2.64 bits per heavy atom. The molecule has 0 fully saturated rings. The minimum absolute atomic E-state index is 0.471. The van der Waals surface area contributed by atoms with Crippen LogP contribution < -0.4 is 9.47 Å². The number of nitrogens with zero attached hydrogens (tertiary/aromatic N) is 5. The van der Waals surface area contributed by atoms with Crippen LogP contribution in [-0.4, -0.2) is 39.1 Å². The Morgan fingerprint density at radius 1 is 1.04 bits per heavy atom. The van der Waals surface area contributed by atoms with Gasteiger partial charge < -0.3 is 14.0 Å². The molecule has 0 aliphatic carbocycles. The number of benzene rings is 2. The summed E-state index contributed by atoms with van der Waals surface area (Å²) in [6.07, 6.45) is 1.68. The van der Waals surface area contributed by atoms with E-state index in [1.807, 2.05) is 42.5 Å². The second kappa shape index (κ2) is 8.13. The summed E-state index contributed by atoms with van der Waals surface area (Å²) in [6.45, 7) is 0. The van der Waals surface area contributed by atoms with Crippen molar-refractivity contribution in [1.29, 1.82) is 0 Å². The van der Waals surface area contributed by atoms with Gasteiger partial charge in [0.1, 0.15) is 6.33 Å². The summed E-state index contributed by atoms with van der Waals surface area (Å²) in [4.78, 5) is 8.74. The van der Waals surface area contributed by atoms with Crippen molar-refractivity contribution in [2.45, 2.75) is 10.9 Å². The average molecular weight is 395 g/mol. The van der Waals surface area contributed by atoms with E-state index in [2.05, 4.69) is 20.2 Å². The molecule has 8 nitrogen and oxygen atoms in total. The lowest BCUT2D eigenvalue weighted by Crippen LogP contribution is -1.93. The van der Waals surface area contributed by atoms with Gasteiger partial charge in [0.2, 0.25) is 16.9 Å². The molecule has 0 atom stereocenters. The normalized spacial score (nSPS) is 10.8. The highest BCUT2D eigenvalue weighted by Gasteiger charge is 2.13. The van der Waals surface area contributed by atoms with Crippen molar-refractivity contribution in [3.8, 4) is 28.6 Å². The molecule has 0 aliphatic rings. The first-order chi connectivity index (χ1) is 13.8. The maximum absolute atomic E-state index is 5.35. The molecule has 28 heavy (non-hydrogen) atoms. The van der Waals surface area contributed by atoms with E-state index < -0.39 is 0 Å². The molecule has 0 radical (unpaired) electrons. The molecule has 2 aromatic heterocycles. The predicted molar refractivity (Wildman–Crippen MR) is 104 cm³/mol. The Kier molecular flexibility index (Phi) is 5.24. The summed E-state index contributed by atoms with van der Waals surface area (Å²) in [5.41, 5.74) is 1.74. The van der Waals surface area contributed by atoms with Gasteiger partial charge >= 0.3 is 0 Å². The molecule has 0 spiro atoms. The molecule has 0 bridgehead atoms. The van der Waals surface area contributed by atoms with Crippen LogP contribution in [0.5, 0.6) is 11.5 Å². The van der Waals surface area contributed by atoms with Crippen LogP contribution in [0.15, 0.2) is 64.5 Å². The van der Waals surface area contributed by atoms with Crippen LogP contribution in [0.25, 0.3) is 17.1 Å². The summed E-state index contributed by atoms with van der Waals surface area (Å²) in [5.74, 6) is 2.70. The fraction of sp³-hybridized carbons (Fsp3) is 0.158. The molecule has 4 rings (SSSR count). The van der Waals surface area contributed by atoms with Crippen molar-refractivity contribution in [2.75, 3.05) is 14.2 Å². The lowest BCUT2D eigenvalue weighted by molar-refractivity contribution is 0.355. The number of hydrogen-bond donors (Lipinski definition) is 0. The zero-order valence-electron chi connectivity index (χ0n) is 15.3. The van der Waals surface area contributed by atoms with Gasteiger partial charge in [0.05, 0.1) is 25.7 Å². The van der Waals surface area contributed by atoms with Crippen molar-refractivity contribution in [1.82, 2.24) is 24.9 Å². The number of hydrogen-bond acceptors (Lipinski definition) is 8. The Morgan fingerprint density at radius 2 is 1.86 bits per heavy atom. The summed E-state index contributed by atoms with van der Waals surface area (Å²) >= 11 is 1.43. The highest BCUT2D eigenvalue weighted by atomic mass is 32.2. The van der Waals surface area contributed by atoms with Gasteiger partial charge in [-0.05, 0) is 30.3 Å². The molecule has 0 amide bonds. The molecular weight excluding hydrogens is 378 g/mol. The fourth-order valence-corrected chi connectivity index (χ4v) is 3.19. The van der Waals surface area contributed by atoms with Gasteiger partial charge in [0.15, 0.2) is 11.5 Å². The van der Waals surface area contributed by atoms with Crippen molar-refractivity contribution in [2.24, 2.45) is 0 Å². The van der Waals surface area contributed by atoms with Crippen LogP contribution in [0.2, 0.25) is 0 Å². The van der Waals surface area contributed by atoms with Crippen molar-refractivity contribution in [3.05, 3.63) is 60.7 Å². The highest BCUT2D eigenvalue weighted by molar-refractivity contribution is 7.98. The molecular formula is C19H17N5O3S. The van der Waals surface area contributed by atoms with E-state index in [-0.39, 0.29) is 0 Å². The summed E-state index contributed by atoms with van der Waals surface area (Å²) in [5, 5.41) is 9.13. The third-order valence-corrected chi connectivity index (χ3v) is 4.76. The van der Waals surface area contributed by atoms with Gasteiger partial charge in [-0.15, -0.1) is 5.10 Å². The fourth-order valence-electron chi connectivity index (χ4n) is 2.55. The Hall–Kier alpha value is -3.33. The number of rotatable bonds is 7. The van der Waals surface area contributed by atoms with E-state index in [0.717, 1.165) is 11.3 Å². The van der Waals surface area contributed by atoms with Crippen LogP contribution in [0.1, 0.15) is 5.89 Å². The SMILES string of the molecule is COc1ccc(-c2noc(CSc3ncn(-c4ccccc4)n3)n2)cc1OC. The number of para-hydroxylation sites is 1. The quantitative estimate of drug-likeness (QED) is 0.438. The summed E-state index contributed by atoms with van der Waals surface area (Å²) < 4.78 is 17.6. The second-order valence-electron chi connectivity index (χ2n) is 5.68. The third-order valence-electron chi connectivity index (χ3n) is 3.93. The van der Waals surface area contributed by atoms with Gasteiger partial charge in [0, 0.05) is 5.56 Å². The molecule has 142 valence electrons. The highest BCUT2D eigenvalue weighted by Crippen LogP contribution is 2.31. The zero-order chi connectivity index (χ0) is 19.3. The molecule has 0 unspecified atom stereocenters. The Balaban J connectivity index is 1.44. The van der Waals surface area contributed by atoms with E-state index in [1.54, 1.807) is 31.3 Å². The van der Waals surface area contributed by atoms with Crippen molar-refractivity contribution in [3.63, 3.8) is 0 Å². The molecule has 0 N–H and O–H groups in total. The van der Waals surface area contributed by atoms with E-state index >= 15 is 0 Å². The predicted octanol–water partition coefficient (Wildman–Crippen LogP) is 3.63. The van der Waals surface area contributed by atoms with E-state index in [9.17, 15) is 0 Å². The maximum Gasteiger partial charge on any atom is 0.237 e. The number of ether oxygens (including phenoxy) is 2. The van der Waals surface area contributed by atoms with E-state index in [4.69, 9.17) is 14.0 Å². The molecule has 4 aromatic rings. The molecule has 0 saturated heterocycles. The molecule has 2 heterocycles. The first kappa shape index (κ1) is 18.1. The lowest BCUT2D eigenvalue weighted by atomic mass is 10.2. The standard InChI is InChI=1S/C19H17N5O3S/c1-25-15-9-8-13(10-16(15)26-2)18-21-17(27-23-18)11-28-19-20-12-24(22-19)14-6-4-3-5-7-14/h3-10,12H,11H2,1-2H3. The summed E-state index contributed by atoms with van der Waals surface area (Å²) in [7, 11) is 3.18. The molecule has 9 heteroatoms. The summed E-state index contributed by atoms with van der Waals surface area (Å²) in [6, 6.07) is 15.3. The van der Waals surface area contributed by atoms with Gasteiger partial charge in [-0.2, -0.15) is 4.98 Å². The van der Waals surface area contributed by atoms with Crippen molar-refractivity contribution < 1.29 is 14.0 Å². The number of methoxy groups -OCH3 is 2. The largest absolute Gasteiger partial charge is 0.493 e. The minimum Gasteiger partial charge on any atom is -0.493 e. The van der Waals surface area contributed by atoms with Gasteiger partial charge in [-0.1, -0.05) is 35.1 Å². The maximum atomic E-state index is 5.35. The van der Waals surface area contributed by atoms with Gasteiger partial charge in [0.25, 0.3) is 0 Å². The Labute approximate surface area is 165 Å². The van der Waals surface area contributed by atoms with Crippen LogP contribution in [0.3, 0.4) is 0 Å². The van der Waals surface area contributed by atoms with E-state index in [0.29, 0.717) is 34.1 Å². The third kappa shape index (κ3) is 3.84. The first-order valence-corrected chi connectivity index (χ1v) is 9.40. The van der Waals surface area contributed by atoms with Crippen LogP contribution >= 0.6 is 11.8 Å². The number of aromatic nitrogens is 5. The van der Waals surface area contributed by atoms with E-state index in [1.165, 1.54) is 11.8 Å². The average Bonchev–Trinajstić information content (AvgIpc) is 3.42. The minimum atomic E-state index is 0.471. The molecule has 0 saturated carbocycles. The molecule has 2 aromatic carbocycles. The Bertz CT molecular complexity index is 1060. The first-order valence-electron chi connectivity index (χ1n) is 8.41.